The minimum atomic E-state index is -1.03. The maximum absolute atomic E-state index is 10.8. The van der Waals surface area contributed by atoms with Crippen LogP contribution in [0, 0.1) is 0 Å². The van der Waals surface area contributed by atoms with Gasteiger partial charge in [-0.05, 0) is 18.2 Å². The number of carboxylic acid groups (broad SMARTS) is 1. The van der Waals surface area contributed by atoms with Crippen molar-refractivity contribution in [1.29, 1.82) is 0 Å². The number of ether oxygens (including phenoxy) is 1. The van der Waals surface area contributed by atoms with Gasteiger partial charge in [0.05, 0.1) is 7.11 Å². The Morgan fingerprint density at radius 3 is 2.75 bits per heavy atom. The highest BCUT2D eigenvalue weighted by Crippen LogP contribution is 2.30. The lowest BCUT2D eigenvalue weighted by molar-refractivity contribution is -0.138. The van der Waals surface area contributed by atoms with Crippen LogP contribution in [0.5, 0.6) is 5.75 Å². The highest BCUT2D eigenvalue weighted by atomic mass is 16.5. The zero-order chi connectivity index (χ0) is 15.1. The molecule has 0 fully saturated rings. The van der Waals surface area contributed by atoms with Crippen molar-refractivity contribution in [2.75, 3.05) is 26.0 Å². The fraction of sp³-hybridized carbons (Fsp3) is 0.273. The first-order valence-electron chi connectivity index (χ1n) is 5.51. The highest BCUT2D eigenvalue weighted by molar-refractivity contribution is 5.88. The average molecular weight is 281 g/mol. The van der Waals surface area contributed by atoms with Crippen molar-refractivity contribution < 1.29 is 19.4 Å². The number of hydrogen-bond acceptors (Lipinski definition) is 5. The Morgan fingerprint density at radius 2 is 2.20 bits per heavy atom. The second-order valence-corrected chi connectivity index (χ2v) is 3.77. The monoisotopic (exact) mass is 281 g/mol. The van der Waals surface area contributed by atoms with Gasteiger partial charge < -0.3 is 20.9 Å². The number of likely N-dealkylation sites (N-methyl/N-ethyl adjacent to an activating group) is 1. The molecule has 1 aromatic rings. The van der Waals surface area contributed by atoms with Crippen LogP contribution in [-0.2, 0) is 4.79 Å². The van der Waals surface area contributed by atoms with Gasteiger partial charge in [0.2, 0.25) is 0 Å². The van der Waals surface area contributed by atoms with Gasteiger partial charge in [-0.3, -0.25) is 9.80 Å². The van der Waals surface area contributed by atoms with Gasteiger partial charge in [-0.1, -0.05) is 5.22 Å². The highest BCUT2D eigenvalue weighted by Gasteiger charge is 2.06. The molecule has 0 saturated carbocycles. The molecule has 0 aromatic heterocycles. The summed E-state index contributed by atoms with van der Waals surface area (Å²) in [5.41, 5.74) is 5.77. The number of nitrogens with zero attached hydrogens (tertiary/aromatic N) is 3. The van der Waals surface area contributed by atoms with E-state index in [1.54, 1.807) is 12.1 Å². The molecule has 0 radical (unpaired) electrons. The number of rotatable bonds is 6. The summed E-state index contributed by atoms with van der Waals surface area (Å²) in [6, 6.07) is 3.96. The van der Waals surface area contributed by atoms with Crippen LogP contribution >= 0.6 is 0 Å². The van der Waals surface area contributed by atoms with E-state index in [1.807, 2.05) is 0 Å². The lowest BCUT2D eigenvalue weighted by Crippen LogP contribution is -2.19. The van der Waals surface area contributed by atoms with Crippen molar-refractivity contribution in [2.45, 2.75) is 0 Å². The molecule has 0 unspecified atom stereocenters. The number of carboxylic acids is 1. The number of carbonyl (C=O) groups excluding carboxylic acids is 1. The molecule has 1 aromatic carbocycles. The van der Waals surface area contributed by atoms with E-state index in [9.17, 15) is 9.59 Å². The number of anilines is 1. The van der Waals surface area contributed by atoms with Crippen LogP contribution in [0.15, 0.2) is 28.5 Å². The number of hydrogen-bond donors (Lipinski definition) is 3. The first-order chi connectivity index (χ1) is 9.42. The molecule has 9 nitrogen and oxygen atoms in total. The van der Waals surface area contributed by atoms with E-state index in [4.69, 9.17) is 15.6 Å². The van der Waals surface area contributed by atoms with Gasteiger partial charge in [-0.15, -0.1) is 5.11 Å². The Bertz CT molecular complexity index is 532. The lowest BCUT2D eigenvalue weighted by Gasteiger charge is -2.09. The largest absolute Gasteiger partial charge is 0.494 e. The second-order valence-electron chi connectivity index (χ2n) is 3.77. The van der Waals surface area contributed by atoms with Crippen LogP contribution in [0.1, 0.15) is 0 Å². The van der Waals surface area contributed by atoms with Gasteiger partial charge in [-0.25, -0.2) is 4.79 Å². The van der Waals surface area contributed by atoms with Gasteiger partial charge in [0, 0.05) is 12.7 Å². The summed E-state index contributed by atoms with van der Waals surface area (Å²) < 4.78 is 5.09. The van der Waals surface area contributed by atoms with Gasteiger partial charge in [-0.2, -0.15) is 0 Å². The molecular formula is C11H15N5O4. The van der Waals surface area contributed by atoms with Crippen molar-refractivity contribution in [3.63, 3.8) is 0 Å². The minimum Gasteiger partial charge on any atom is -0.494 e. The SMILES string of the molecule is COc1ccc(NC(N)=O)cc1/N=N/N(C)CC(=O)O. The quantitative estimate of drug-likeness (QED) is 0.532. The maximum Gasteiger partial charge on any atom is 0.324 e. The van der Waals surface area contributed by atoms with Crippen molar-refractivity contribution in [2.24, 2.45) is 16.1 Å². The van der Waals surface area contributed by atoms with E-state index in [0.29, 0.717) is 17.1 Å². The fourth-order valence-electron chi connectivity index (χ4n) is 1.34. The third-order valence-electron chi connectivity index (χ3n) is 2.12. The van der Waals surface area contributed by atoms with E-state index >= 15 is 0 Å². The molecule has 0 aliphatic rings. The topological polar surface area (TPSA) is 130 Å². The summed E-state index contributed by atoms with van der Waals surface area (Å²) in [4.78, 5) is 21.3. The molecular weight excluding hydrogens is 266 g/mol. The molecule has 108 valence electrons. The number of urea groups is 1. The van der Waals surface area contributed by atoms with Crippen molar-refractivity contribution in [1.82, 2.24) is 5.01 Å². The number of aliphatic carboxylic acids is 1. The van der Waals surface area contributed by atoms with E-state index in [-0.39, 0.29) is 6.54 Å². The third kappa shape index (κ3) is 4.80. The second kappa shape index (κ2) is 6.92. The summed E-state index contributed by atoms with van der Waals surface area (Å²) in [6.07, 6.45) is 0. The normalized spacial score (nSPS) is 10.3. The number of primary amides is 1. The number of methoxy groups -OCH3 is 1. The predicted molar refractivity (Wildman–Crippen MR) is 71.0 cm³/mol. The van der Waals surface area contributed by atoms with Crippen molar-refractivity contribution >= 4 is 23.4 Å². The smallest absolute Gasteiger partial charge is 0.324 e. The summed E-state index contributed by atoms with van der Waals surface area (Å²) in [5, 5.41) is 19.7. The van der Waals surface area contributed by atoms with Crippen LogP contribution in [0.3, 0.4) is 0 Å². The summed E-state index contributed by atoms with van der Waals surface area (Å²) in [7, 11) is 2.92. The summed E-state index contributed by atoms with van der Waals surface area (Å²) >= 11 is 0. The molecule has 0 heterocycles. The molecule has 9 heteroatoms. The van der Waals surface area contributed by atoms with Gasteiger partial charge in [0.15, 0.2) is 0 Å². The zero-order valence-corrected chi connectivity index (χ0v) is 11.0. The Balaban J connectivity index is 2.93. The van der Waals surface area contributed by atoms with Gasteiger partial charge in [0.1, 0.15) is 18.0 Å². The van der Waals surface area contributed by atoms with Crippen LogP contribution in [-0.4, -0.2) is 42.8 Å². The molecule has 0 aliphatic heterocycles. The molecule has 4 N–H and O–H groups in total. The molecule has 0 aliphatic carbocycles. The van der Waals surface area contributed by atoms with Crippen LogP contribution in [0.4, 0.5) is 16.2 Å². The maximum atomic E-state index is 10.8. The Hall–Kier alpha value is -2.84. The van der Waals surface area contributed by atoms with E-state index in [0.717, 1.165) is 5.01 Å². The minimum absolute atomic E-state index is 0.287. The van der Waals surface area contributed by atoms with Crippen molar-refractivity contribution in [3.05, 3.63) is 18.2 Å². The first kappa shape index (κ1) is 15.2. The Morgan fingerprint density at radius 1 is 1.50 bits per heavy atom. The molecule has 20 heavy (non-hydrogen) atoms. The Labute approximate surface area is 115 Å². The van der Waals surface area contributed by atoms with Gasteiger partial charge >= 0.3 is 12.0 Å². The van der Waals surface area contributed by atoms with E-state index in [2.05, 4.69) is 15.7 Å². The molecule has 0 bridgehead atoms. The number of carbonyl (C=O) groups is 2. The Kier molecular flexibility index (Phi) is 5.27. The zero-order valence-electron chi connectivity index (χ0n) is 11.0. The molecule has 1 rings (SSSR count). The van der Waals surface area contributed by atoms with Crippen LogP contribution in [0.25, 0.3) is 0 Å². The van der Waals surface area contributed by atoms with Crippen molar-refractivity contribution in [3.8, 4) is 5.75 Å². The average Bonchev–Trinajstić information content (AvgIpc) is 2.35. The number of nitrogens with two attached hydrogens (primary N) is 1. The first-order valence-corrected chi connectivity index (χ1v) is 5.51. The molecule has 0 saturated heterocycles. The predicted octanol–water partition coefficient (Wildman–Crippen LogP) is 1.20. The summed E-state index contributed by atoms with van der Waals surface area (Å²) in [5.74, 6) is -0.602. The number of benzene rings is 1. The van der Waals surface area contributed by atoms with Crippen LogP contribution in [0.2, 0.25) is 0 Å². The number of nitrogens with one attached hydrogen (secondary N) is 1. The van der Waals surface area contributed by atoms with E-state index in [1.165, 1.54) is 20.2 Å². The fourth-order valence-corrected chi connectivity index (χ4v) is 1.34. The molecule has 2 amide bonds. The van der Waals surface area contributed by atoms with Crippen LogP contribution < -0.4 is 15.8 Å². The standard InChI is InChI=1S/C11H15N5O4/c1-16(6-10(17)18)15-14-8-5-7(13-11(12)19)3-4-9(8)20-2/h3-5H,6H2,1-2H3,(H,17,18)(H3,12,13,19)/b15-14+. The van der Waals surface area contributed by atoms with Gasteiger partial charge in [0.25, 0.3) is 0 Å². The summed E-state index contributed by atoms with van der Waals surface area (Å²) in [6.45, 7) is -0.287. The third-order valence-corrected chi connectivity index (χ3v) is 2.12. The van der Waals surface area contributed by atoms with E-state index < -0.39 is 12.0 Å². The molecule has 0 atom stereocenters. The molecule has 0 spiro atoms. The number of amides is 2. The lowest BCUT2D eigenvalue weighted by atomic mass is 10.2.